The minimum atomic E-state index is -10.7. The predicted molar refractivity (Wildman–Crippen MR) is 111 cm³/mol. The molecular formula is C16H20F6N9O2P. The number of aliphatic hydroxyl groups is 1. The van der Waals surface area contributed by atoms with Crippen LogP contribution >= 0.6 is 7.81 Å². The molecule has 11 nitrogen and oxygen atoms in total. The van der Waals surface area contributed by atoms with Gasteiger partial charge in [-0.05, 0) is 29.5 Å². The maximum Gasteiger partial charge on any atom is 0.175 e. The van der Waals surface area contributed by atoms with Crippen LogP contribution < -0.4 is 4.84 Å². The van der Waals surface area contributed by atoms with Crippen LogP contribution in [-0.4, -0.2) is 84.0 Å². The largest absolute Gasteiger partial charge is 0.240 e. The molecule has 0 saturated heterocycles. The van der Waals surface area contributed by atoms with Crippen LogP contribution in [0.5, 0.6) is 0 Å². The minimum absolute atomic E-state index is 0.153. The number of halogens is 6. The second-order valence-electron chi connectivity index (χ2n) is 6.70. The Morgan fingerprint density at radius 2 is 1.68 bits per heavy atom. The summed E-state index contributed by atoms with van der Waals surface area (Å²) in [5, 5.41) is 27.0. The van der Waals surface area contributed by atoms with Crippen LogP contribution in [0.25, 0.3) is 22.2 Å². The number of nitrogens with zero attached hydrogens (tertiary/aromatic N) is 8. The Balaban J connectivity index is 0.000000211. The minimum Gasteiger partial charge on any atom is -0.240 e. The smallest absolute Gasteiger partial charge is 0.175 e. The molecule has 0 radical (unpaired) electrons. The molecule has 0 bridgehead atoms. The molecule has 0 unspecified atom stereocenters. The molecule has 0 fully saturated rings. The quantitative estimate of drug-likeness (QED) is 0.104. The zero-order valence-electron chi connectivity index (χ0n) is 17.9. The van der Waals surface area contributed by atoms with E-state index in [1.165, 1.54) is 4.85 Å². The Morgan fingerprint density at radius 3 is 2.26 bits per heavy atom. The van der Waals surface area contributed by atoms with Crippen LogP contribution in [0.4, 0.5) is 25.2 Å². The summed E-state index contributed by atoms with van der Waals surface area (Å²) in [4.78, 5) is 12.7. The fourth-order valence-corrected chi connectivity index (χ4v) is 2.24. The number of H-pyrrole nitrogens is 1. The van der Waals surface area contributed by atoms with Gasteiger partial charge >= 0.3 is 39.0 Å². The summed E-state index contributed by atoms with van der Waals surface area (Å²) in [6, 6.07) is 11.6. The van der Waals surface area contributed by atoms with Gasteiger partial charge in [0.15, 0.2) is 12.4 Å². The number of aromatic nitrogens is 7. The summed E-state index contributed by atoms with van der Waals surface area (Å²) in [5.41, 5.74) is 3.06. The van der Waals surface area contributed by atoms with E-state index in [1.807, 2.05) is 50.5 Å². The van der Waals surface area contributed by atoms with Gasteiger partial charge in [-0.15, -0.1) is 10.2 Å². The van der Waals surface area contributed by atoms with Crippen molar-refractivity contribution in [2.75, 3.05) is 27.9 Å². The van der Waals surface area contributed by atoms with Crippen molar-refractivity contribution >= 4 is 36.0 Å². The molecule has 4 rings (SSSR count). The molecule has 0 saturated carbocycles. The van der Waals surface area contributed by atoms with E-state index in [-0.39, 0.29) is 6.73 Å². The molecule has 0 aliphatic heterocycles. The van der Waals surface area contributed by atoms with Crippen LogP contribution in [0.3, 0.4) is 0 Å². The van der Waals surface area contributed by atoms with Crippen LogP contribution in [0.2, 0.25) is 0 Å². The van der Waals surface area contributed by atoms with Gasteiger partial charge in [-0.3, -0.25) is 4.84 Å². The number of pyridine rings is 1. The third kappa shape index (κ3) is 9.50. The first-order chi connectivity index (χ1) is 15.5. The standard InChI is InChI=1S/C11H16N5O2.C5H4N4.F6P/c1-14(2)11(15(3)8-17)18-16-10-7-5-4-6-9(10)12-13-16;1-2-4-5(6-3-1)8-9-7-4;1-7(2,3,4,5)6/h4-7,17H,8H2,1-3H3;1-3H,(H,6,7,8,9);/q+1;;-1. The van der Waals surface area contributed by atoms with E-state index in [9.17, 15) is 25.2 Å². The molecular weight excluding hydrogens is 495 g/mol. The normalized spacial score (nSPS) is 14.1. The Bertz CT molecular complexity index is 1230. The van der Waals surface area contributed by atoms with Gasteiger partial charge in [0.2, 0.25) is 0 Å². The molecule has 0 aliphatic rings. The van der Waals surface area contributed by atoms with Gasteiger partial charge in [-0.2, -0.15) is 0 Å². The van der Waals surface area contributed by atoms with Gasteiger partial charge in [0, 0.05) is 6.20 Å². The van der Waals surface area contributed by atoms with Crippen LogP contribution in [0.1, 0.15) is 0 Å². The second-order valence-corrected chi connectivity index (χ2v) is 8.62. The van der Waals surface area contributed by atoms with Gasteiger partial charge < -0.3 is 5.11 Å². The topological polar surface area (TPSA) is 121 Å². The van der Waals surface area contributed by atoms with Crippen LogP contribution in [0.15, 0.2) is 42.6 Å². The number of aromatic amines is 1. The Labute approximate surface area is 187 Å². The van der Waals surface area contributed by atoms with Crippen molar-refractivity contribution in [2.24, 2.45) is 0 Å². The number of nitrogens with one attached hydrogen (secondary N) is 1. The molecule has 18 heteroatoms. The zero-order valence-corrected chi connectivity index (χ0v) is 18.8. The van der Waals surface area contributed by atoms with Gasteiger partial charge in [0.05, 0.1) is 21.1 Å². The van der Waals surface area contributed by atoms with Crippen molar-refractivity contribution in [3.63, 3.8) is 0 Å². The number of benzene rings is 1. The number of amidine groups is 1. The molecule has 2 N–H and O–H groups in total. The fourth-order valence-electron chi connectivity index (χ4n) is 2.24. The van der Waals surface area contributed by atoms with Crippen LogP contribution in [-0.2, 0) is 0 Å². The zero-order chi connectivity index (χ0) is 25.6. The van der Waals surface area contributed by atoms with E-state index in [2.05, 4.69) is 30.7 Å². The SMILES string of the molecule is CN(C)C(On1nnc2ccccc21)=[N+](C)CO.F[P-](F)(F)(F)(F)F.c1cnc2[nH]nnc2c1. The monoisotopic (exact) mass is 515 g/mol. The summed E-state index contributed by atoms with van der Waals surface area (Å²) in [6.45, 7) is -0.153. The van der Waals surface area contributed by atoms with E-state index in [1.54, 1.807) is 22.7 Å². The average molecular weight is 515 g/mol. The fraction of sp³-hybridized carbons (Fsp3) is 0.250. The average Bonchev–Trinajstić information content (AvgIpc) is 3.36. The van der Waals surface area contributed by atoms with Crippen molar-refractivity contribution < 1.29 is 39.7 Å². The summed E-state index contributed by atoms with van der Waals surface area (Å²) in [7, 11) is -5.30. The Kier molecular flexibility index (Phi) is 7.32. The van der Waals surface area contributed by atoms with Crippen LogP contribution in [0, 0.1) is 0 Å². The van der Waals surface area contributed by atoms with Crippen molar-refractivity contribution in [3.05, 3.63) is 42.6 Å². The van der Waals surface area contributed by atoms with E-state index in [4.69, 9.17) is 9.94 Å². The van der Waals surface area contributed by atoms with Crippen molar-refractivity contribution in [1.29, 1.82) is 0 Å². The maximum atomic E-state index is 9.87. The number of hydrogen-bond acceptors (Lipinski definition) is 7. The first-order valence-electron chi connectivity index (χ1n) is 9.08. The number of hydrogen-bond donors (Lipinski definition) is 2. The summed E-state index contributed by atoms with van der Waals surface area (Å²) >= 11 is 0. The van der Waals surface area contributed by atoms with E-state index >= 15 is 0 Å². The first kappa shape index (κ1) is 26.7. The molecule has 188 valence electrons. The van der Waals surface area contributed by atoms with Gasteiger partial charge in [-0.1, -0.05) is 22.2 Å². The molecule has 0 spiro atoms. The molecule has 4 aromatic rings. The molecule has 0 aliphatic carbocycles. The Morgan fingerprint density at radius 1 is 1.06 bits per heavy atom. The van der Waals surface area contributed by atoms with Gasteiger partial charge in [0.1, 0.15) is 16.6 Å². The van der Waals surface area contributed by atoms with E-state index in [0.717, 1.165) is 22.2 Å². The number of fused-ring (bicyclic) bond motifs is 2. The summed E-state index contributed by atoms with van der Waals surface area (Å²) in [6.07, 6.45) is 1.70. The molecule has 1 aromatic carbocycles. The predicted octanol–water partition coefficient (Wildman–Crippen LogP) is 3.10. The van der Waals surface area contributed by atoms with Gasteiger partial charge in [0.25, 0.3) is 0 Å². The third-order valence-electron chi connectivity index (χ3n) is 3.51. The molecule has 0 atom stereocenters. The van der Waals surface area contributed by atoms with Crippen molar-refractivity contribution in [2.45, 2.75) is 0 Å². The number of rotatable bonds is 2. The molecule has 3 heterocycles. The summed E-state index contributed by atoms with van der Waals surface area (Å²) < 4.78 is 60.7. The second kappa shape index (κ2) is 9.34. The van der Waals surface area contributed by atoms with E-state index in [0.29, 0.717) is 6.02 Å². The third-order valence-corrected chi connectivity index (χ3v) is 3.51. The van der Waals surface area contributed by atoms with Gasteiger partial charge in [-0.25, -0.2) is 19.6 Å². The molecule has 34 heavy (non-hydrogen) atoms. The number of para-hydroxylation sites is 1. The van der Waals surface area contributed by atoms with E-state index < -0.39 is 7.81 Å². The Hall–Kier alpha value is -3.59. The van der Waals surface area contributed by atoms with Crippen molar-refractivity contribution in [1.82, 2.24) is 40.5 Å². The molecule has 3 aromatic heterocycles. The summed E-state index contributed by atoms with van der Waals surface area (Å²) in [5.74, 6) is 0. The number of aliphatic hydroxyl groups excluding tert-OH is 1. The molecule has 0 amide bonds. The van der Waals surface area contributed by atoms with Crippen molar-refractivity contribution in [3.8, 4) is 0 Å². The first-order valence-corrected chi connectivity index (χ1v) is 11.1. The maximum absolute atomic E-state index is 10.7.